The number of ether oxygens (including phenoxy) is 2. The Kier molecular flexibility index (Phi) is 8.42. The molecule has 27 heavy (non-hydrogen) atoms. The van der Waals surface area contributed by atoms with Crippen LogP contribution in [0.2, 0.25) is 0 Å². The number of carbonyl (C=O) groups excluding carboxylic acids is 2. The van der Waals surface area contributed by atoms with Crippen molar-refractivity contribution < 1.29 is 32.7 Å². The topological polar surface area (TPSA) is 81.1 Å². The fraction of sp³-hybridized carbons (Fsp3) is 0.556. The van der Waals surface area contributed by atoms with Crippen LogP contribution in [0.5, 0.6) is 11.5 Å². The third kappa shape index (κ3) is 9.18. The van der Waals surface area contributed by atoms with Gasteiger partial charge < -0.3 is 25.0 Å². The number of rotatable bonds is 9. The minimum atomic E-state index is -2.95. The van der Waals surface area contributed by atoms with Gasteiger partial charge in [-0.05, 0) is 38.5 Å². The number of likely N-dealkylation sites (N-methyl/N-ethyl adjacent to an activating group) is 1. The Hall–Kier alpha value is -2.42. The molecule has 1 atom stereocenters. The average molecular weight is 388 g/mol. The zero-order chi connectivity index (χ0) is 20.6. The van der Waals surface area contributed by atoms with Gasteiger partial charge >= 0.3 is 6.61 Å². The van der Waals surface area contributed by atoms with Gasteiger partial charge in [-0.3, -0.25) is 9.59 Å². The zero-order valence-electron chi connectivity index (χ0n) is 16.3. The Bertz CT molecular complexity index is 648. The maximum atomic E-state index is 12.3. The molecule has 0 aliphatic heterocycles. The average Bonchev–Trinajstić information content (AvgIpc) is 2.51. The first-order valence-electron chi connectivity index (χ1n) is 8.51. The molecule has 0 saturated carbocycles. The van der Waals surface area contributed by atoms with Gasteiger partial charge in [0.15, 0.2) is 24.6 Å². The molecule has 1 rings (SSSR count). The molecule has 0 heterocycles. The second-order valence-electron chi connectivity index (χ2n) is 7.25. The van der Waals surface area contributed by atoms with Crippen molar-refractivity contribution >= 4 is 11.8 Å². The molecule has 0 bridgehead atoms. The molecule has 1 aromatic rings. The van der Waals surface area contributed by atoms with E-state index in [2.05, 4.69) is 15.4 Å². The number of hydrogen-bond acceptors (Lipinski definition) is 4. The van der Waals surface area contributed by atoms with E-state index in [4.69, 9.17) is 4.74 Å². The SMILES string of the molecule is COc1cc(CNC(=O)C[NH+](C)CC(=O)NC(C)(C)C)ccc1OC(F)F. The van der Waals surface area contributed by atoms with Crippen LogP contribution >= 0.6 is 0 Å². The summed E-state index contributed by atoms with van der Waals surface area (Å²) in [5.41, 5.74) is 0.351. The molecule has 152 valence electrons. The highest BCUT2D eigenvalue weighted by Gasteiger charge is 2.19. The van der Waals surface area contributed by atoms with Gasteiger partial charge in [0.25, 0.3) is 11.8 Å². The summed E-state index contributed by atoms with van der Waals surface area (Å²) in [6, 6.07) is 4.44. The second-order valence-corrected chi connectivity index (χ2v) is 7.25. The van der Waals surface area contributed by atoms with Gasteiger partial charge in [-0.1, -0.05) is 6.07 Å². The summed E-state index contributed by atoms with van der Waals surface area (Å²) in [4.78, 5) is 24.7. The standard InChI is InChI=1S/C18H27F2N3O4/c1-18(2,3)22-16(25)11-23(4)10-15(24)21-9-12-6-7-13(27-17(19)20)14(8-12)26-5/h6-8,17H,9-11H2,1-5H3,(H,21,24)(H,22,25)/p+1. The fourth-order valence-electron chi connectivity index (χ4n) is 2.35. The van der Waals surface area contributed by atoms with Crippen molar-refractivity contribution in [3.63, 3.8) is 0 Å². The van der Waals surface area contributed by atoms with E-state index in [0.29, 0.717) is 5.56 Å². The monoisotopic (exact) mass is 388 g/mol. The quantitative estimate of drug-likeness (QED) is 0.570. The van der Waals surface area contributed by atoms with Crippen LogP contribution in [0.25, 0.3) is 0 Å². The van der Waals surface area contributed by atoms with Gasteiger partial charge in [-0.15, -0.1) is 0 Å². The first-order valence-corrected chi connectivity index (χ1v) is 8.51. The van der Waals surface area contributed by atoms with Crippen LogP contribution in [0.15, 0.2) is 18.2 Å². The van der Waals surface area contributed by atoms with Crippen molar-refractivity contribution in [1.82, 2.24) is 10.6 Å². The Labute approximate surface area is 158 Å². The lowest BCUT2D eigenvalue weighted by atomic mass is 10.1. The number of methoxy groups -OCH3 is 1. The van der Waals surface area contributed by atoms with Crippen LogP contribution in [0, 0.1) is 0 Å². The van der Waals surface area contributed by atoms with E-state index in [9.17, 15) is 18.4 Å². The summed E-state index contributed by atoms with van der Waals surface area (Å²) in [6.45, 7) is 3.22. The third-order valence-corrected chi connectivity index (χ3v) is 3.37. The highest BCUT2D eigenvalue weighted by atomic mass is 19.3. The minimum absolute atomic E-state index is 0.0726. The lowest BCUT2D eigenvalue weighted by molar-refractivity contribution is -0.862. The molecule has 0 saturated heterocycles. The van der Waals surface area contributed by atoms with Crippen LogP contribution in [-0.2, 0) is 16.1 Å². The van der Waals surface area contributed by atoms with E-state index in [1.54, 1.807) is 13.1 Å². The number of hydrogen-bond donors (Lipinski definition) is 3. The minimum Gasteiger partial charge on any atom is -0.493 e. The molecule has 0 radical (unpaired) electrons. The van der Waals surface area contributed by atoms with Gasteiger partial charge in [0.1, 0.15) is 0 Å². The molecule has 3 N–H and O–H groups in total. The zero-order valence-corrected chi connectivity index (χ0v) is 16.3. The molecule has 0 spiro atoms. The van der Waals surface area contributed by atoms with E-state index in [0.717, 1.165) is 4.90 Å². The number of amides is 2. The van der Waals surface area contributed by atoms with E-state index in [-0.39, 0.29) is 48.5 Å². The maximum Gasteiger partial charge on any atom is 0.387 e. The highest BCUT2D eigenvalue weighted by molar-refractivity contribution is 5.79. The summed E-state index contributed by atoms with van der Waals surface area (Å²) in [5, 5.41) is 5.57. The van der Waals surface area contributed by atoms with Crippen molar-refractivity contribution in [2.24, 2.45) is 0 Å². The molecule has 0 aliphatic carbocycles. The van der Waals surface area contributed by atoms with Crippen molar-refractivity contribution in [3.05, 3.63) is 23.8 Å². The fourth-order valence-corrected chi connectivity index (χ4v) is 2.35. The van der Waals surface area contributed by atoms with Crippen LogP contribution in [0.1, 0.15) is 26.3 Å². The smallest absolute Gasteiger partial charge is 0.387 e. The van der Waals surface area contributed by atoms with E-state index in [1.165, 1.54) is 19.2 Å². The molecular formula is C18H28F2N3O4+. The largest absolute Gasteiger partial charge is 0.493 e. The molecule has 1 aromatic carbocycles. The normalized spacial score (nSPS) is 12.4. The first-order chi connectivity index (χ1) is 12.5. The highest BCUT2D eigenvalue weighted by Crippen LogP contribution is 2.29. The van der Waals surface area contributed by atoms with Crippen molar-refractivity contribution in [2.75, 3.05) is 27.2 Å². The van der Waals surface area contributed by atoms with Gasteiger partial charge in [0.2, 0.25) is 0 Å². The van der Waals surface area contributed by atoms with Crippen LogP contribution in [0.4, 0.5) is 8.78 Å². The summed E-state index contributed by atoms with van der Waals surface area (Å²) >= 11 is 0. The molecule has 0 aromatic heterocycles. The molecule has 2 amide bonds. The first kappa shape index (κ1) is 22.6. The van der Waals surface area contributed by atoms with Crippen LogP contribution in [-0.4, -0.2) is 51.2 Å². The molecule has 1 unspecified atom stereocenters. The van der Waals surface area contributed by atoms with E-state index in [1.807, 2.05) is 20.8 Å². The van der Waals surface area contributed by atoms with Crippen LogP contribution < -0.4 is 25.0 Å². The van der Waals surface area contributed by atoms with Crippen molar-refractivity contribution in [2.45, 2.75) is 39.5 Å². The van der Waals surface area contributed by atoms with Gasteiger partial charge in [-0.2, -0.15) is 8.78 Å². The predicted octanol–water partition coefficient (Wildman–Crippen LogP) is 0.342. The van der Waals surface area contributed by atoms with E-state index >= 15 is 0 Å². The number of carbonyl (C=O) groups is 2. The number of quaternary nitrogens is 1. The molecule has 9 heteroatoms. The van der Waals surface area contributed by atoms with Gasteiger partial charge in [-0.25, -0.2) is 0 Å². The summed E-state index contributed by atoms with van der Waals surface area (Å²) in [5.74, 6) is -0.282. The second kappa shape index (κ2) is 10.1. The number of alkyl halides is 2. The van der Waals surface area contributed by atoms with E-state index < -0.39 is 6.61 Å². The molecule has 7 nitrogen and oxygen atoms in total. The van der Waals surface area contributed by atoms with Crippen molar-refractivity contribution in [1.29, 1.82) is 0 Å². The lowest BCUT2D eigenvalue weighted by Crippen LogP contribution is -3.11. The lowest BCUT2D eigenvalue weighted by Gasteiger charge is -2.21. The maximum absolute atomic E-state index is 12.3. The molecule has 0 fully saturated rings. The number of halogens is 2. The summed E-state index contributed by atoms with van der Waals surface area (Å²) in [6.07, 6.45) is 0. The summed E-state index contributed by atoms with van der Waals surface area (Å²) in [7, 11) is 3.10. The summed E-state index contributed by atoms with van der Waals surface area (Å²) < 4.78 is 34.0. The van der Waals surface area contributed by atoms with Gasteiger partial charge in [0.05, 0.1) is 14.2 Å². The molecular weight excluding hydrogens is 360 g/mol. The Morgan fingerprint density at radius 1 is 1.15 bits per heavy atom. The molecule has 0 aliphatic rings. The number of nitrogens with one attached hydrogen (secondary N) is 3. The Morgan fingerprint density at radius 2 is 1.78 bits per heavy atom. The third-order valence-electron chi connectivity index (χ3n) is 3.37. The predicted molar refractivity (Wildman–Crippen MR) is 96.0 cm³/mol. The number of benzene rings is 1. The van der Waals surface area contributed by atoms with Crippen molar-refractivity contribution in [3.8, 4) is 11.5 Å². The Morgan fingerprint density at radius 3 is 2.33 bits per heavy atom. The van der Waals surface area contributed by atoms with Gasteiger partial charge in [0, 0.05) is 12.1 Å². The van der Waals surface area contributed by atoms with Crippen LogP contribution in [0.3, 0.4) is 0 Å². The Balaban J connectivity index is 2.51.